The number of halogens is 1. The zero-order valence-electron chi connectivity index (χ0n) is 17.3. The van der Waals surface area contributed by atoms with Crippen LogP contribution < -0.4 is 5.73 Å². The van der Waals surface area contributed by atoms with Gasteiger partial charge in [-0.2, -0.15) is 9.61 Å². The number of nitrogens with two attached hydrogens (primary N) is 1. The molecule has 0 radical (unpaired) electrons. The molecule has 158 valence electrons. The first kappa shape index (κ1) is 20.2. The Labute approximate surface area is 189 Å². The average molecular weight is 478 g/mol. The van der Waals surface area contributed by atoms with Gasteiger partial charge in [0.2, 0.25) is 0 Å². The summed E-state index contributed by atoms with van der Waals surface area (Å²) in [5.41, 5.74) is 12.1. The highest BCUT2D eigenvalue weighted by molar-refractivity contribution is 9.10. The van der Waals surface area contributed by atoms with Crippen molar-refractivity contribution in [3.63, 3.8) is 0 Å². The van der Waals surface area contributed by atoms with Gasteiger partial charge in [0.1, 0.15) is 5.82 Å². The van der Waals surface area contributed by atoms with Crippen molar-refractivity contribution in [1.29, 1.82) is 0 Å². The van der Waals surface area contributed by atoms with Crippen LogP contribution in [0.1, 0.15) is 37.3 Å². The monoisotopic (exact) mass is 477 g/mol. The van der Waals surface area contributed by atoms with Crippen molar-refractivity contribution in [1.82, 2.24) is 19.6 Å². The zero-order valence-corrected chi connectivity index (χ0v) is 18.9. The third-order valence-electron chi connectivity index (χ3n) is 6.19. The highest BCUT2D eigenvalue weighted by Crippen LogP contribution is 2.39. The number of nitrogens with zero attached hydrogens (tertiary/aromatic N) is 4. The first-order valence-corrected chi connectivity index (χ1v) is 11.3. The maximum atomic E-state index is 6.44. The van der Waals surface area contributed by atoms with Crippen LogP contribution >= 0.6 is 15.9 Å². The molecule has 4 aromatic rings. The van der Waals surface area contributed by atoms with Crippen LogP contribution in [0.4, 0.5) is 5.82 Å². The maximum Gasteiger partial charge on any atom is 0.165 e. The van der Waals surface area contributed by atoms with E-state index in [1.807, 2.05) is 36.7 Å². The molecule has 0 aliphatic heterocycles. The molecule has 1 aliphatic rings. The molecule has 0 amide bonds. The molecule has 2 N–H and O–H groups in total. The Morgan fingerprint density at radius 3 is 2.45 bits per heavy atom. The van der Waals surface area contributed by atoms with Gasteiger partial charge in [-0.3, -0.25) is 4.98 Å². The van der Waals surface area contributed by atoms with Crippen molar-refractivity contribution in [2.45, 2.75) is 37.7 Å². The van der Waals surface area contributed by atoms with Gasteiger partial charge in [0.25, 0.3) is 0 Å². The quantitative estimate of drug-likeness (QED) is 0.421. The number of anilines is 1. The van der Waals surface area contributed by atoms with Crippen LogP contribution in [-0.4, -0.2) is 32.8 Å². The minimum Gasteiger partial charge on any atom is -0.383 e. The van der Waals surface area contributed by atoms with E-state index in [-0.39, 0.29) is 0 Å². The van der Waals surface area contributed by atoms with Gasteiger partial charge in [0, 0.05) is 35.9 Å². The number of pyridine rings is 1. The summed E-state index contributed by atoms with van der Waals surface area (Å²) in [5.74, 6) is 0.934. The van der Waals surface area contributed by atoms with E-state index in [1.54, 1.807) is 11.6 Å². The van der Waals surface area contributed by atoms with Crippen LogP contribution in [0, 0.1) is 0 Å². The molecule has 5 rings (SSSR count). The SMILES string of the molecule is COC1CCC(c2nc3c(-c4ccc(-c5ccccc5)nc4)cnn3c(N)c2Br)CC1. The van der Waals surface area contributed by atoms with Gasteiger partial charge < -0.3 is 10.5 Å². The first-order valence-electron chi connectivity index (χ1n) is 10.5. The van der Waals surface area contributed by atoms with Gasteiger partial charge in [-0.1, -0.05) is 36.4 Å². The summed E-state index contributed by atoms with van der Waals surface area (Å²) in [4.78, 5) is 9.69. The van der Waals surface area contributed by atoms with Crippen molar-refractivity contribution in [2.75, 3.05) is 12.8 Å². The predicted molar refractivity (Wildman–Crippen MR) is 126 cm³/mol. The number of aromatic nitrogens is 4. The normalized spacial score (nSPS) is 19.0. The van der Waals surface area contributed by atoms with Crippen LogP contribution in [0.25, 0.3) is 28.0 Å². The van der Waals surface area contributed by atoms with Crippen molar-refractivity contribution < 1.29 is 4.74 Å². The summed E-state index contributed by atoms with van der Waals surface area (Å²) in [5, 5.41) is 4.50. The number of hydrogen-bond acceptors (Lipinski definition) is 5. The van der Waals surface area contributed by atoms with Crippen LogP contribution in [0.3, 0.4) is 0 Å². The molecule has 7 heteroatoms. The molecule has 0 unspecified atom stereocenters. The van der Waals surface area contributed by atoms with Gasteiger partial charge in [-0.25, -0.2) is 4.98 Å². The third kappa shape index (κ3) is 3.72. The van der Waals surface area contributed by atoms with Crippen LogP contribution in [0.2, 0.25) is 0 Å². The Morgan fingerprint density at radius 1 is 1.00 bits per heavy atom. The van der Waals surface area contributed by atoms with E-state index < -0.39 is 0 Å². The first-order chi connectivity index (χ1) is 15.2. The molecule has 6 nitrogen and oxygen atoms in total. The molecule has 3 aromatic heterocycles. The number of ether oxygens (including phenoxy) is 1. The number of methoxy groups -OCH3 is 1. The molecule has 0 bridgehead atoms. The maximum absolute atomic E-state index is 6.44. The van der Waals surface area contributed by atoms with Gasteiger partial charge in [-0.05, 0) is 47.7 Å². The fraction of sp³-hybridized carbons (Fsp3) is 0.292. The van der Waals surface area contributed by atoms with E-state index in [0.717, 1.165) is 63.9 Å². The molecule has 1 aliphatic carbocycles. The molecule has 1 fully saturated rings. The summed E-state index contributed by atoms with van der Waals surface area (Å²) in [6.45, 7) is 0. The second-order valence-electron chi connectivity index (χ2n) is 8.00. The predicted octanol–water partition coefficient (Wildman–Crippen LogP) is 5.48. The molecule has 31 heavy (non-hydrogen) atoms. The van der Waals surface area contributed by atoms with Crippen molar-refractivity contribution in [2.24, 2.45) is 0 Å². The Bertz CT molecular complexity index is 1200. The van der Waals surface area contributed by atoms with Crippen molar-refractivity contribution >= 4 is 27.4 Å². The van der Waals surface area contributed by atoms with Gasteiger partial charge >= 0.3 is 0 Å². The lowest BCUT2D eigenvalue weighted by Gasteiger charge is -2.28. The molecular formula is C24H24BrN5O. The molecular weight excluding hydrogens is 454 g/mol. The minimum absolute atomic E-state index is 0.343. The van der Waals surface area contributed by atoms with Crippen molar-refractivity contribution in [3.8, 4) is 22.4 Å². The molecule has 1 aromatic carbocycles. The molecule has 0 saturated heterocycles. The minimum atomic E-state index is 0.343. The van der Waals surface area contributed by atoms with E-state index in [4.69, 9.17) is 15.5 Å². The summed E-state index contributed by atoms with van der Waals surface area (Å²) >= 11 is 3.68. The number of rotatable bonds is 4. The second-order valence-corrected chi connectivity index (χ2v) is 8.79. The lowest BCUT2D eigenvalue weighted by molar-refractivity contribution is 0.0654. The van der Waals surface area contributed by atoms with Gasteiger partial charge in [-0.15, -0.1) is 0 Å². The molecule has 0 spiro atoms. The fourth-order valence-corrected chi connectivity index (χ4v) is 4.97. The van der Waals surface area contributed by atoms with E-state index in [0.29, 0.717) is 17.8 Å². The lowest BCUT2D eigenvalue weighted by atomic mass is 9.85. The summed E-state index contributed by atoms with van der Waals surface area (Å²) in [6.07, 6.45) is 8.19. The number of nitrogen functional groups attached to an aromatic ring is 1. The van der Waals surface area contributed by atoms with Gasteiger partial charge in [0.15, 0.2) is 5.65 Å². The Morgan fingerprint density at radius 2 is 1.77 bits per heavy atom. The molecule has 1 saturated carbocycles. The summed E-state index contributed by atoms with van der Waals surface area (Å²) in [6, 6.07) is 14.2. The van der Waals surface area contributed by atoms with Crippen LogP contribution in [0.5, 0.6) is 0 Å². The average Bonchev–Trinajstić information content (AvgIpc) is 3.26. The Balaban J connectivity index is 1.52. The highest BCUT2D eigenvalue weighted by atomic mass is 79.9. The molecule has 0 atom stereocenters. The van der Waals surface area contributed by atoms with Crippen LogP contribution in [-0.2, 0) is 4.74 Å². The smallest absolute Gasteiger partial charge is 0.165 e. The summed E-state index contributed by atoms with van der Waals surface area (Å²) in [7, 11) is 1.79. The Kier molecular flexibility index (Phi) is 5.46. The van der Waals surface area contributed by atoms with Crippen molar-refractivity contribution in [3.05, 3.63) is 65.0 Å². The third-order valence-corrected chi connectivity index (χ3v) is 7.00. The van der Waals surface area contributed by atoms with E-state index in [1.165, 1.54) is 0 Å². The lowest BCUT2D eigenvalue weighted by Crippen LogP contribution is -2.20. The zero-order chi connectivity index (χ0) is 21.4. The van der Waals surface area contributed by atoms with E-state index in [9.17, 15) is 0 Å². The molecule has 3 heterocycles. The Hall–Kier alpha value is -2.77. The second kappa shape index (κ2) is 8.40. The summed E-state index contributed by atoms with van der Waals surface area (Å²) < 4.78 is 8.07. The topological polar surface area (TPSA) is 78.3 Å². The van der Waals surface area contributed by atoms with Gasteiger partial charge in [0.05, 0.1) is 28.2 Å². The van der Waals surface area contributed by atoms with E-state index in [2.05, 4.69) is 44.2 Å². The van der Waals surface area contributed by atoms with E-state index >= 15 is 0 Å². The largest absolute Gasteiger partial charge is 0.383 e. The highest BCUT2D eigenvalue weighted by Gasteiger charge is 2.27. The van der Waals surface area contributed by atoms with Crippen LogP contribution in [0.15, 0.2) is 59.3 Å². The number of fused-ring (bicyclic) bond motifs is 1. The fourth-order valence-electron chi connectivity index (χ4n) is 4.39. The number of benzene rings is 1. The standard InChI is InChI=1S/C24H24BrN5O/c1-31-18-10-7-16(8-11-18)22-21(25)23(26)30-24(29-22)19(14-28-30)17-9-12-20(27-13-17)15-5-3-2-4-6-15/h2-6,9,12-14,16,18H,7-8,10-11,26H2,1H3. The number of hydrogen-bond donors (Lipinski definition) is 1.